The van der Waals surface area contributed by atoms with E-state index in [1.807, 2.05) is 36.4 Å². The average Bonchev–Trinajstić information content (AvgIpc) is 2.43. The van der Waals surface area contributed by atoms with Gasteiger partial charge in [0, 0.05) is 13.6 Å². The quantitative estimate of drug-likeness (QED) is 0.752. The Hall–Kier alpha value is -1.81. The third-order valence-electron chi connectivity index (χ3n) is 3.04. The van der Waals surface area contributed by atoms with Gasteiger partial charge < -0.3 is 15.3 Å². The number of nitrogens with zero attached hydrogens (tertiary/aromatic N) is 1. The van der Waals surface area contributed by atoms with E-state index in [0.29, 0.717) is 6.54 Å². The van der Waals surface area contributed by atoms with Gasteiger partial charge in [0.15, 0.2) is 0 Å². The minimum atomic E-state index is -0.533. The van der Waals surface area contributed by atoms with Crippen molar-refractivity contribution in [2.75, 3.05) is 13.6 Å². The number of likely N-dealkylation sites (N-methyl/N-ethyl adjacent to an activating group) is 1. The van der Waals surface area contributed by atoms with Gasteiger partial charge in [0.05, 0.1) is 12.1 Å². The van der Waals surface area contributed by atoms with Crippen LogP contribution in [0.1, 0.15) is 31.4 Å². The summed E-state index contributed by atoms with van der Waals surface area (Å²) in [6.07, 6.45) is 2.96. The molecule has 0 saturated carbocycles. The number of carbonyl (C=O) groups excluding carboxylic acids is 1. The zero-order valence-corrected chi connectivity index (χ0v) is 12.2. The molecule has 1 aromatic carbocycles. The van der Waals surface area contributed by atoms with Crippen LogP contribution in [0.25, 0.3) is 0 Å². The van der Waals surface area contributed by atoms with E-state index in [2.05, 4.69) is 11.9 Å². The Kier molecular flexibility index (Phi) is 6.81. The topological polar surface area (TPSA) is 52.6 Å². The lowest BCUT2D eigenvalue weighted by atomic mass is 10.0. The summed E-state index contributed by atoms with van der Waals surface area (Å²) < 4.78 is 0. The van der Waals surface area contributed by atoms with E-state index in [-0.39, 0.29) is 12.1 Å². The van der Waals surface area contributed by atoms with Gasteiger partial charge in [-0.1, -0.05) is 36.4 Å². The number of nitrogens with one attached hydrogen (secondary N) is 1. The molecule has 0 aliphatic carbocycles. The van der Waals surface area contributed by atoms with Crippen LogP contribution in [0.2, 0.25) is 0 Å². The third kappa shape index (κ3) is 5.45. The van der Waals surface area contributed by atoms with Gasteiger partial charge in [0.2, 0.25) is 0 Å². The van der Waals surface area contributed by atoms with Crippen molar-refractivity contribution in [3.8, 4) is 0 Å². The van der Waals surface area contributed by atoms with Crippen LogP contribution < -0.4 is 5.32 Å². The Morgan fingerprint density at radius 2 is 2.10 bits per heavy atom. The molecule has 4 nitrogen and oxygen atoms in total. The van der Waals surface area contributed by atoms with E-state index in [9.17, 15) is 9.90 Å². The van der Waals surface area contributed by atoms with Gasteiger partial charge in [-0.15, -0.1) is 6.58 Å². The van der Waals surface area contributed by atoms with Gasteiger partial charge in [-0.05, 0) is 25.3 Å². The first-order chi connectivity index (χ1) is 9.54. The number of aliphatic hydroxyl groups excluding tert-OH is 1. The number of rotatable bonds is 7. The lowest BCUT2D eigenvalue weighted by Crippen LogP contribution is -2.42. The van der Waals surface area contributed by atoms with Crippen molar-refractivity contribution in [3.05, 3.63) is 48.6 Å². The van der Waals surface area contributed by atoms with E-state index in [1.54, 1.807) is 14.0 Å². The Labute approximate surface area is 121 Å². The zero-order valence-electron chi connectivity index (χ0n) is 12.2. The van der Waals surface area contributed by atoms with Crippen LogP contribution >= 0.6 is 0 Å². The van der Waals surface area contributed by atoms with Crippen LogP contribution in [0.5, 0.6) is 0 Å². The molecule has 0 spiro atoms. The molecule has 1 rings (SSSR count). The molecule has 0 aliphatic heterocycles. The molecule has 0 bridgehead atoms. The second-order valence-electron chi connectivity index (χ2n) is 5.01. The predicted molar refractivity (Wildman–Crippen MR) is 81.5 cm³/mol. The monoisotopic (exact) mass is 276 g/mol. The first kappa shape index (κ1) is 16.2. The SMILES string of the molecule is C=CCCC(NC(=O)N(C)CC(C)O)c1ccccc1. The molecule has 0 aliphatic rings. The maximum atomic E-state index is 12.1. The van der Waals surface area contributed by atoms with Crippen molar-refractivity contribution in [1.82, 2.24) is 10.2 Å². The summed E-state index contributed by atoms with van der Waals surface area (Å²) in [7, 11) is 1.68. The number of hydrogen-bond donors (Lipinski definition) is 2. The van der Waals surface area contributed by atoms with Crippen LogP contribution in [0.15, 0.2) is 43.0 Å². The second-order valence-corrected chi connectivity index (χ2v) is 5.01. The molecule has 0 aromatic heterocycles. The normalized spacial score (nSPS) is 13.3. The number of amides is 2. The van der Waals surface area contributed by atoms with Gasteiger partial charge in [-0.3, -0.25) is 0 Å². The lowest BCUT2D eigenvalue weighted by molar-refractivity contribution is 0.142. The molecular formula is C16H24N2O2. The molecule has 0 saturated heterocycles. The highest BCUT2D eigenvalue weighted by molar-refractivity contribution is 5.74. The molecule has 2 amide bonds. The molecule has 2 N–H and O–H groups in total. The maximum Gasteiger partial charge on any atom is 0.317 e. The van der Waals surface area contributed by atoms with Gasteiger partial charge in [0.1, 0.15) is 0 Å². The first-order valence-electron chi connectivity index (χ1n) is 6.90. The third-order valence-corrected chi connectivity index (χ3v) is 3.04. The highest BCUT2D eigenvalue weighted by Crippen LogP contribution is 2.18. The number of allylic oxidation sites excluding steroid dienone is 1. The van der Waals surface area contributed by atoms with Gasteiger partial charge in [0.25, 0.3) is 0 Å². The van der Waals surface area contributed by atoms with Crippen molar-refractivity contribution < 1.29 is 9.90 Å². The van der Waals surface area contributed by atoms with Crippen molar-refractivity contribution >= 4 is 6.03 Å². The van der Waals surface area contributed by atoms with Gasteiger partial charge >= 0.3 is 6.03 Å². The van der Waals surface area contributed by atoms with Crippen LogP contribution in [-0.4, -0.2) is 35.7 Å². The molecule has 2 atom stereocenters. The first-order valence-corrected chi connectivity index (χ1v) is 6.90. The number of aliphatic hydroxyl groups is 1. The molecule has 4 heteroatoms. The van der Waals surface area contributed by atoms with E-state index >= 15 is 0 Å². The van der Waals surface area contributed by atoms with Crippen LogP contribution in [0, 0.1) is 0 Å². The van der Waals surface area contributed by atoms with Gasteiger partial charge in [-0.2, -0.15) is 0 Å². The average molecular weight is 276 g/mol. The van der Waals surface area contributed by atoms with Crippen LogP contribution in [0.3, 0.4) is 0 Å². The van der Waals surface area contributed by atoms with E-state index in [0.717, 1.165) is 18.4 Å². The number of carbonyl (C=O) groups is 1. The van der Waals surface area contributed by atoms with Crippen LogP contribution in [0.4, 0.5) is 4.79 Å². The summed E-state index contributed by atoms with van der Waals surface area (Å²) in [5, 5.41) is 12.3. The predicted octanol–water partition coefficient (Wildman–Crippen LogP) is 2.72. The Bertz CT molecular complexity index is 418. The van der Waals surface area contributed by atoms with Crippen molar-refractivity contribution in [2.24, 2.45) is 0 Å². The second kappa shape index (κ2) is 8.38. The highest BCUT2D eigenvalue weighted by atomic mass is 16.3. The number of benzene rings is 1. The molecule has 1 aromatic rings. The van der Waals surface area contributed by atoms with E-state index in [1.165, 1.54) is 4.90 Å². The standard InChI is InChI=1S/C16H24N2O2/c1-4-5-11-15(14-9-7-6-8-10-14)17-16(20)18(3)12-13(2)19/h4,6-10,13,15,19H,1,5,11-12H2,2-3H3,(H,17,20). The molecule has 0 heterocycles. The fourth-order valence-corrected chi connectivity index (χ4v) is 2.03. The Morgan fingerprint density at radius 3 is 2.65 bits per heavy atom. The summed E-state index contributed by atoms with van der Waals surface area (Å²) in [5.41, 5.74) is 1.08. The number of hydrogen-bond acceptors (Lipinski definition) is 2. The summed E-state index contributed by atoms with van der Waals surface area (Å²) >= 11 is 0. The molecule has 2 unspecified atom stereocenters. The summed E-state index contributed by atoms with van der Waals surface area (Å²) in [4.78, 5) is 13.6. The van der Waals surface area contributed by atoms with Crippen molar-refractivity contribution in [3.63, 3.8) is 0 Å². The molecular weight excluding hydrogens is 252 g/mol. The Balaban J connectivity index is 2.70. The van der Waals surface area contributed by atoms with Crippen LogP contribution in [-0.2, 0) is 0 Å². The van der Waals surface area contributed by atoms with Crippen molar-refractivity contribution in [2.45, 2.75) is 31.9 Å². The molecule has 0 radical (unpaired) electrons. The highest BCUT2D eigenvalue weighted by Gasteiger charge is 2.17. The summed E-state index contributed by atoms with van der Waals surface area (Å²) in [6.45, 7) is 5.70. The number of urea groups is 1. The minimum Gasteiger partial charge on any atom is -0.392 e. The zero-order chi connectivity index (χ0) is 15.0. The van der Waals surface area contributed by atoms with E-state index < -0.39 is 6.10 Å². The summed E-state index contributed by atoms with van der Waals surface area (Å²) in [6, 6.07) is 9.66. The summed E-state index contributed by atoms with van der Waals surface area (Å²) in [5.74, 6) is 0. The smallest absolute Gasteiger partial charge is 0.317 e. The largest absolute Gasteiger partial charge is 0.392 e. The molecule has 0 fully saturated rings. The fraction of sp³-hybridized carbons (Fsp3) is 0.438. The van der Waals surface area contributed by atoms with E-state index in [4.69, 9.17) is 0 Å². The Morgan fingerprint density at radius 1 is 1.45 bits per heavy atom. The minimum absolute atomic E-state index is 0.0434. The fourth-order valence-electron chi connectivity index (χ4n) is 2.03. The lowest BCUT2D eigenvalue weighted by Gasteiger charge is -2.24. The maximum absolute atomic E-state index is 12.1. The molecule has 20 heavy (non-hydrogen) atoms. The van der Waals surface area contributed by atoms with Crippen molar-refractivity contribution in [1.29, 1.82) is 0 Å². The van der Waals surface area contributed by atoms with Gasteiger partial charge in [-0.25, -0.2) is 4.79 Å². The molecule has 110 valence electrons.